The van der Waals surface area contributed by atoms with Crippen molar-refractivity contribution in [1.82, 2.24) is 0 Å². The third-order valence-electron chi connectivity index (χ3n) is 3.76. The summed E-state index contributed by atoms with van der Waals surface area (Å²) in [5.74, 6) is 1.56. The molecular weight excluding hydrogens is 210 g/mol. The minimum Gasteiger partial charge on any atom is -0.496 e. The van der Waals surface area contributed by atoms with Crippen LogP contribution in [-0.2, 0) is 6.42 Å². The van der Waals surface area contributed by atoms with Crippen LogP contribution in [-0.4, -0.2) is 12.6 Å². The Bertz CT molecular complexity index is 394. The van der Waals surface area contributed by atoms with Crippen LogP contribution in [0.2, 0.25) is 0 Å². The minimum atomic E-state index is 0.124. The van der Waals surface area contributed by atoms with Crippen LogP contribution in [0.5, 0.6) is 5.75 Å². The number of nitrogens with two attached hydrogens (primary N) is 1. The maximum Gasteiger partial charge on any atom is 0.122 e. The van der Waals surface area contributed by atoms with Gasteiger partial charge >= 0.3 is 0 Å². The standard InChI is InChI=1S/C15H23NO/c1-11(2)12-4-5-14(17-3)13(10-12)6-7-15(16)8-9-15/h4-5,10-11H,6-9,16H2,1-3H3. The van der Waals surface area contributed by atoms with Crippen LogP contribution in [0, 0.1) is 0 Å². The van der Waals surface area contributed by atoms with Crippen molar-refractivity contribution in [2.24, 2.45) is 5.73 Å². The van der Waals surface area contributed by atoms with Crippen molar-refractivity contribution in [3.63, 3.8) is 0 Å². The maximum atomic E-state index is 6.14. The Balaban J connectivity index is 2.13. The predicted molar refractivity (Wildman–Crippen MR) is 71.6 cm³/mol. The highest BCUT2D eigenvalue weighted by molar-refractivity contribution is 5.38. The van der Waals surface area contributed by atoms with Crippen LogP contribution in [0.1, 0.15) is 50.2 Å². The van der Waals surface area contributed by atoms with Crippen molar-refractivity contribution in [3.05, 3.63) is 29.3 Å². The summed E-state index contributed by atoms with van der Waals surface area (Å²) in [5, 5.41) is 0. The van der Waals surface area contributed by atoms with E-state index in [2.05, 4.69) is 32.0 Å². The molecule has 0 heterocycles. The third kappa shape index (κ3) is 3.01. The lowest BCUT2D eigenvalue weighted by atomic mass is 9.96. The van der Waals surface area contributed by atoms with Crippen LogP contribution in [0.4, 0.5) is 0 Å². The second kappa shape index (κ2) is 4.69. The quantitative estimate of drug-likeness (QED) is 0.847. The molecule has 2 nitrogen and oxygen atoms in total. The Morgan fingerprint density at radius 3 is 2.59 bits per heavy atom. The average molecular weight is 233 g/mol. The van der Waals surface area contributed by atoms with Crippen molar-refractivity contribution in [3.8, 4) is 5.75 Å². The fourth-order valence-electron chi connectivity index (χ4n) is 2.15. The first-order chi connectivity index (χ1) is 8.04. The van der Waals surface area contributed by atoms with Crippen LogP contribution in [0.15, 0.2) is 18.2 Å². The lowest BCUT2D eigenvalue weighted by Gasteiger charge is -2.14. The van der Waals surface area contributed by atoms with E-state index in [0.717, 1.165) is 18.6 Å². The van der Waals surface area contributed by atoms with Crippen molar-refractivity contribution in [2.45, 2.75) is 51.0 Å². The third-order valence-corrected chi connectivity index (χ3v) is 3.76. The van der Waals surface area contributed by atoms with Gasteiger partial charge in [0.25, 0.3) is 0 Å². The van der Waals surface area contributed by atoms with E-state index in [4.69, 9.17) is 10.5 Å². The zero-order valence-corrected chi connectivity index (χ0v) is 11.1. The Morgan fingerprint density at radius 1 is 1.35 bits per heavy atom. The average Bonchev–Trinajstić information content (AvgIpc) is 3.05. The van der Waals surface area contributed by atoms with E-state index in [0.29, 0.717) is 5.92 Å². The second-order valence-corrected chi connectivity index (χ2v) is 5.59. The summed E-state index contributed by atoms with van der Waals surface area (Å²) in [6, 6.07) is 6.51. The van der Waals surface area contributed by atoms with Gasteiger partial charge in [-0.2, -0.15) is 0 Å². The van der Waals surface area contributed by atoms with E-state index in [-0.39, 0.29) is 5.54 Å². The van der Waals surface area contributed by atoms with E-state index in [1.54, 1.807) is 7.11 Å². The van der Waals surface area contributed by atoms with E-state index >= 15 is 0 Å². The first-order valence-corrected chi connectivity index (χ1v) is 6.50. The summed E-state index contributed by atoms with van der Waals surface area (Å²) < 4.78 is 5.42. The van der Waals surface area contributed by atoms with Crippen LogP contribution >= 0.6 is 0 Å². The molecule has 17 heavy (non-hydrogen) atoms. The molecule has 0 saturated heterocycles. The van der Waals surface area contributed by atoms with Gasteiger partial charge in [-0.25, -0.2) is 0 Å². The highest BCUT2D eigenvalue weighted by atomic mass is 16.5. The maximum absolute atomic E-state index is 6.14. The normalized spacial score (nSPS) is 17.2. The van der Waals surface area contributed by atoms with Crippen LogP contribution in [0.3, 0.4) is 0 Å². The van der Waals surface area contributed by atoms with Crippen molar-refractivity contribution < 1.29 is 4.74 Å². The largest absolute Gasteiger partial charge is 0.496 e. The summed E-state index contributed by atoms with van der Waals surface area (Å²) in [6.45, 7) is 4.44. The summed E-state index contributed by atoms with van der Waals surface area (Å²) in [4.78, 5) is 0. The Kier molecular flexibility index (Phi) is 3.43. The molecular formula is C15H23NO. The molecule has 2 N–H and O–H groups in total. The van der Waals surface area contributed by atoms with Gasteiger partial charge in [-0.15, -0.1) is 0 Å². The lowest BCUT2D eigenvalue weighted by Crippen LogP contribution is -2.22. The molecule has 1 aromatic carbocycles. The van der Waals surface area contributed by atoms with E-state index in [9.17, 15) is 0 Å². The van der Waals surface area contributed by atoms with Crippen LogP contribution in [0.25, 0.3) is 0 Å². The van der Waals surface area contributed by atoms with E-state index < -0.39 is 0 Å². The van der Waals surface area contributed by atoms with Gasteiger partial charge in [0.2, 0.25) is 0 Å². The molecule has 0 unspecified atom stereocenters. The fraction of sp³-hybridized carbons (Fsp3) is 0.600. The number of rotatable bonds is 5. The Labute approximate surface area is 104 Å². The van der Waals surface area contributed by atoms with Gasteiger partial charge in [0, 0.05) is 5.54 Å². The van der Waals surface area contributed by atoms with Gasteiger partial charge < -0.3 is 10.5 Å². The number of aryl methyl sites for hydroxylation is 1. The fourth-order valence-corrected chi connectivity index (χ4v) is 2.15. The number of methoxy groups -OCH3 is 1. The molecule has 1 aromatic rings. The smallest absolute Gasteiger partial charge is 0.122 e. The number of benzene rings is 1. The topological polar surface area (TPSA) is 35.2 Å². The van der Waals surface area contributed by atoms with Gasteiger partial charge in [0.1, 0.15) is 5.75 Å². The highest BCUT2D eigenvalue weighted by Gasteiger charge is 2.37. The van der Waals surface area contributed by atoms with Gasteiger partial charge in [-0.05, 0) is 48.8 Å². The molecule has 0 spiro atoms. The molecule has 1 aliphatic carbocycles. The first-order valence-electron chi connectivity index (χ1n) is 6.50. The molecule has 1 aliphatic rings. The Morgan fingerprint density at radius 2 is 2.06 bits per heavy atom. The molecule has 1 fully saturated rings. The molecule has 2 rings (SSSR count). The van der Waals surface area contributed by atoms with Gasteiger partial charge in [0.15, 0.2) is 0 Å². The second-order valence-electron chi connectivity index (χ2n) is 5.59. The van der Waals surface area contributed by atoms with Crippen molar-refractivity contribution >= 4 is 0 Å². The predicted octanol–water partition coefficient (Wildman–Crippen LogP) is 3.24. The number of hydrogen-bond acceptors (Lipinski definition) is 2. The molecule has 0 radical (unpaired) electrons. The monoisotopic (exact) mass is 233 g/mol. The minimum absolute atomic E-state index is 0.124. The summed E-state index contributed by atoms with van der Waals surface area (Å²) >= 11 is 0. The highest BCUT2D eigenvalue weighted by Crippen LogP contribution is 2.37. The lowest BCUT2D eigenvalue weighted by molar-refractivity contribution is 0.407. The van der Waals surface area contributed by atoms with Crippen LogP contribution < -0.4 is 10.5 Å². The summed E-state index contributed by atoms with van der Waals surface area (Å²) in [5.41, 5.74) is 8.95. The molecule has 0 aliphatic heterocycles. The first kappa shape index (κ1) is 12.4. The molecule has 0 atom stereocenters. The van der Waals surface area contributed by atoms with Gasteiger partial charge in [-0.1, -0.05) is 26.0 Å². The Hall–Kier alpha value is -1.02. The molecule has 94 valence electrons. The van der Waals surface area contributed by atoms with E-state index in [1.807, 2.05) is 0 Å². The van der Waals surface area contributed by atoms with Gasteiger partial charge in [-0.3, -0.25) is 0 Å². The number of ether oxygens (including phenoxy) is 1. The SMILES string of the molecule is COc1ccc(C(C)C)cc1CCC1(N)CC1. The van der Waals surface area contributed by atoms with E-state index in [1.165, 1.54) is 24.0 Å². The molecule has 0 bridgehead atoms. The molecule has 0 aromatic heterocycles. The van der Waals surface area contributed by atoms with Gasteiger partial charge in [0.05, 0.1) is 7.11 Å². The molecule has 1 saturated carbocycles. The van der Waals surface area contributed by atoms with Crippen molar-refractivity contribution in [1.29, 1.82) is 0 Å². The summed E-state index contributed by atoms with van der Waals surface area (Å²) in [7, 11) is 1.74. The van der Waals surface area contributed by atoms with Crippen molar-refractivity contribution in [2.75, 3.05) is 7.11 Å². The zero-order valence-electron chi connectivity index (χ0n) is 11.1. The zero-order chi connectivity index (χ0) is 12.5. The molecule has 2 heteroatoms. The summed E-state index contributed by atoms with van der Waals surface area (Å²) in [6.07, 6.45) is 4.46. The molecule has 0 amide bonds. The number of hydrogen-bond donors (Lipinski definition) is 1.